The van der Waals surface area contributed by atoms with Gasteiger partial charge in [-0.2, -0.15) is 0 Å². The van der Waals surface area contributed by atoms with Crippen molar-refractivity contribution >= 4 is 23.4 Å². The van der Waals surface area contributed by atoms with Gasteiger partial charge < -0.3 is 15.0 Å². The summed E-state index contributed by atoms with van der Waals surface area (Å²) in [6.07, 6.45) is 2.94. The molecule has 1 aromatic carbocycles. The Bertz CT molecular complexity index is 938. The largest absolute Gasteiger partial charge is 0.432 e. The zero-order chi connectivity index (χ0) is 18.6. The average Bonchev–Trinajstić information content (AvgIpc) is 3.21. The second kappa shape index (κ2) is 4.54. The van der Waals surface area contributed by atoms with E-state index in [2.05, 4.69) is 19.2 Å². The third kappa shape index (κ3) is 1.62. The van der Waals surface area contributed by atoms with Gasteiger partial charge in [-0.1, -0.05) is 32.0 Å². The maximum absolute atomic E-state index is 13.7. The van der Waals surface area contributed by atoms with E-state index in [4.69, 9.17) is 9.73 Å². The molecule has 1 saturated carbocycles. The van der Waals surface area contributed by atoms with Crippen LogP contribution < -0.4 is 5.32 Å². The van der Waals surface area contributed by atoms with E-state index >= 15 is 0 Å². The SMILES string of the molecule is CC1(C)C2=Nc3ccccc3[C@@]23C[C@@]2(NC(=O)O3)C(=O)N3CCC[C@@H]3C[C@H]12. The van der Waals surface area contributed by atoms with Gasteiger partial charge in [0.2, 0.25) is 5.91 Å². The summed E-state index contributed by atoms with van der Waals surface area (Å²) in [5, 5.41) is 3.01. The molecule has 4 atom stereocenters. The predicted molar refractivity (Wildman–Crippen MR) is 98.8 cm³/mol. The van der Waals surface area contributed by atoms with Gasteiger partial charge in [0.05, 0.1) is 11.4 Å². The van der Waals surface area contributed by atoms with Crippen molar-refractivity contribution in [2.24, 2.45) is 16.3 Å². The van der Waals surface area contributed by atoms with E-state index in [9.17, 15) is 9.59 Å². The molecule has 4 heterocycles. The first-order chi connectivity index (χ1) is 12.9. The quantitative estimate of drug-likeness (QED) is 0.768. The van der Waals surface area contributed by atoms with Gasteiger partial charge >= 0.3 is 6.09 Å². The molecule has 4 fully saturated rings. The molecule has 2 spiro atoms. The van der Waals surface area contributed by atoms with Crippen LogP contribution in [0, 0.1) is 11.3 Å². The minimum Gasteiger partial charge on any atom is -0.432 e. The van der Waals surface area contributed by atoms with Crippen LogP contribution in [0.5, 0.6) is 0 Å². The fourth-order valence-corrected chi connectivity index (χ4v) is 6.68. The Kier molecular flexibility index (Phi) is 2.63. The summed E-state index contributed by atoms with van der Waals surface area (Å²) in [4.78, 5) is 33.4. The van der Waals surface area contributed by atoms with E-state index in [1.54, 1.807) is 0 Å². The van der Waals surface area contributed by atoms with Crippen LogP contribution in [0.1, 0.15) is 45.1 Å². The maximum atomic E-state index is 13.7. The van der Waals surface area contributed by atoms with E-state index in [-0.39, 0.29) is 23.3 Å². The monoisotopic (exact) mass is 365 g/mol. The van der Waals surface area contributed by atoms with Crippen molar-refractivity contribution in [3.8, 4) is 0 Å². The zero-order valence-corrected chi connectivity index (χ0v) is 15.6. The van der Waals surface area contributed by atoms with Crippen molar-refractivity contribution in [2.45, 2.75) is 56.7 Å². The molecule has 2 amide bonds. The number of piperidine rings is 1. The molecule has 5 aliphatic rings. The zero-order valence-electron chi connectivity index (χ0n) is 15.6. The van der Waals surface area contributed by atoms with Crippen LogP contribution in [-0.2, 0) is 15.1 Å². The third-order valence-corrected chi connectivity index (χ3v) is 7.68. The van der Waals surface area contributed by atoms with Crippen molar-refractivity contribution in [2.75, 3.05) is 6.54 Å². The van der Waals surface area contributed by atoms with Gasteiger partial charge in [0, 0.05) is 35.9 Å². The Hall–Kier alpha value is -2.37. The first kappa shape index (κ1) is 15.7. The summed E-state index contributed by atoms with van der Waals surface area (Å²) >= 11 is 0. The minimum absolute atomic E-state index is 0.0193. The molecule has 6 rings (SSSR count). The van der Waals surface area contributed by atoms with Crippen LogP contribution in [0.4, 0.5) is 10.5 Å². The summed E-state index contributed by atoms with van der Waals surface area (Å²) in [5.41, 5.74) is 0.493. The van der Waals surface area contributed by atoms with E-state index in [1.807, 2.05) is 29.2 Å². The lowest BCUT2D eigenvalue weighted by Gasteiger charge is -2.62. The molecule has 27 heavy (non-hydrogen) atoms. The number of nitrogens with zero attached hydrogens (tertiary/aromatic N) is 2. The molecule has 0 aromatic heterocycles. The van der Waals surface area contributed by atoms with Crippen LogP contribution >= 0.6 is 0 Å². The lowest BCUT2D eigenvalue weighted by molar-refractivity contribution is -0.163. The fraction of sp³-hybridized carbons (Fsp3) is 0.571. The normalized spacial score (nSPS) is 40.2. The van der Waals surface area contributed by atoms with Gasteiger partial charge in [0.25, 0.3) is 0 Å². The second-order valence-electron chi connectivity index (χ2n) is 9.27. The van der Waals surface area contributed by atoms with E-state index in [0.29, 0.717) is 6.42 Å². The summed E-state index contributed by atoms with van der Waals surface area (Å²) in [7, 11) is 0. The molecule has 140 valence electrons. The number of benzene rings is 1. The second-order valence-corrected chi connectivity index (χ2v) is 9.27. The third-order valence-electron chi connectivity index (χ3n) is 7.68. The molecule has 0 radical (unpaired) electrons. The summed E-state index contributed by atoms with van der Waals surface area (Å²) in [5.74, 6) is 0.0969. The average molecular weight is 365 g/mol. The number of carbonyl (C=O) groups is 2. The molecule has 6 nitrogen and oxygen atoms in total. The van der Waals surface area contributed by atoms with Crippen LogP contribution in [0.3, 0.4) is 0 Å². The number of aliphatic imine (C=N–C) groups is 1. The molecular formula is C21H23N3O3. The number of nitrogens with one attached hydrogen (secondary N) is 1. The van der Waals surface area contributed by atoms with Crippen molar-refractivity contribution in [3.05, 3.63) is 29.8 Å². The fourth-order valence-electron chi connectivity index (χ4n) is 6.68. The van der Waals surface area contributed by atoms with Gasteiger partial charge in [-0.25, -0.2) is 4.79 Å². The number of hydrogen-bond acceptors (Lipinski definition) is 4. The molecule has 0 unspecified atom stereocenters. The highest BCUT2D eigenvalue weighted by molar-refractivity contribution is 6.10. The van der Waals surface area contributed by atoms with E-state index in [0.717, 1.165) is 42.8 Å². The minimum atomic E-state index is -0.929. The molecule has 1 aromatic rings. The Morgan fingerprint density at radius 3 is 2.93 bits per heavy atom. The molecule has 6 heteroatoms. The smallest absolute Gasteiger partial charge is 0.409 e. The summed E-state index contributed by atoms with van der Waals surface area (Å²) in [6, 6.07) is 8.14. The standard InChI is InChI=1S/C21H23N3O3/c1-19(2)15-10-12-6-5-9-24(12)17(25)20(15)11-21(27-18(26)23-20)13-7-3-4-8-14(13)22-16(19)21/h3-4,7-8,12,15H,5-6,9-11H2,1-2H3,(H,23,26)/t12-,15-,20+,21+/m1/s1. The van der Waals surface area contributed by atoms with Crippen LogP contribution in [-0.4, -0.2) is 40.7 Å². The lowest BCUT2D eigenvalue weighted by atomic mass is 9.50. The molecule has 4 aliphatic heterocycles. The summed E-state index contributed by atoms with van der Waals surface area (Å²) in [6.45, 7) is 5.13. The highest BCUT2D eigenvalue weighted by Gasteiger charge is 2.73. The van der Waals surface area contributed by atoms with Crippen LogP contribution in [0.15, 0.2) is 29.3 Å². The van der Waals surface area contributed by atoms with E-state index in [1.165, 1.54) is 0 Å². The Morgan fingerprint density at radius 1 is 1.26 bits per heavy atom. The Labute approximate surface area is 158 Å². The highest BCUT2D eigenvalue weighted by Crippen LogP contribution is 2.63. The van der Waals surface area contributed by atoms with E-state index < -0.39 is 17.2 Å². The number of rotatable bonds is 0. The number of amides is 2. The number of para-hydroxylation sites is 1. The number of fused-ring (bicyclic) bond motifs is 2. The number of ether oxygens (including phenoxy) is 1. The maximum Gasteiger partial charge on any atom is 0.409 e. The molecule has 1 N–H and O–H groups in total. The van der Waals surface area contributed by atoms with Crippen molar-refractivity contribution in [1.29, 1.82) is 0 Å². The highest BCUT2D eigenvalue weighted by atomic mass is 16.6. The van der Waals surface area contributed by atoms with Crippen molar-refractivity contribution < 1.29 is 14.3 Å². The van der Waals surface area contributed by atoms with Crippen LogP contribution in [0.2, 0.25) is 0 Å². The Balaban J connectivity index is 1.62. The molecule has 3 saturated heterocycles. The molecule has 1 aliphatic carbocycles. The van der Waals surface area contributed by atoms with Gasteiger partial charge in [-0.05, 0) is 25.3 Å². The first-order valence-corrected chi connectivity index (χ1v) is 9.90. The van der Waals surface area contributed by atoms with Crippen LogP contribution in [0.25, 0.3) is 0 Å². The lowest BCUT2D eigenvalue weighted by Crippen LogP contribution is -2.79. The van der Waals surface area contributed by atoms with Crippen molar-refractivity contribution in [1.82, 2.24) is 10.2 Å². The first-order valence-electron chi connectivity index (χ1n) is 9.90. The van der Waals surface area contributed by atoms with Gasteiger partial charge in [-0.15, -0.1) is 0 Å². The van der Waals surface area contributed by atoms with Gasteiger partial charge in [0.1, 0.15) is 5.54 Å². The Morgan fingerprint density at radius 2 is 2.07 bits per heavy atom. The van der Waals surface area contributed by atoms with Crippen molar-refractivity contribution in [3.63, 3.8) is 0 Å². The number of carbonyl (C=O) groups excluding carboxylic acids is 2. The molecular weight excluding hydrogens is 342 g/mol. The number of hydrogen-bond donors (Lipinski definition) is 1. The number of alkyl carbamates (subject to hydrolysis) is 1. The van der Waals surface area contributed by atoms with Gasteiger partial charge in [0.15, 0.2) is 5.60 Å². The van der Waals surface area contributed by atoms with Gasteiger partial charge in [-0.3, -0.25) is 9.79 Å². The molecule has 2 bridgehead atoms. The topological polar surface area (TPSA) is 71.0 Å². The summed E-state index contributed by atoms with van der Waals surface area (Å²) < 4.78 is 5.98. The predicted octanol–water partition coefficient (Wildman–Crippen LogP) is 2.89.